The molecule has 0 amide bonds. The van der Waals surface area contributed by atoms with E-state index in [-0.39, 0.29) is 27.1 Å². The van der Waals surface area contributed by atoms with Crippen LogP contribution in [-0.4, -0.2) is 16.2 Å². The van der Waals surface area contributed by atoms with Gasteiger partial charge in [0.05, 0.1) is 22.4 Å². The minimum absolute atomic E-state index is 0.0613. The summed E-state index contributed by atoms with van der Waals surface area (Å²) in [4.78, 5) is 10.1. The molecule has 1 aliphatic heterocycles. The summed E-state index contributed by atoms with van der Waals surface area (Å²) in [5.41, 5.74) is 17.9. The smallest absolute Gasteiger partial charge is 0.137 e. The summed E-state index contributed by atoms with van der Waals surface area (Å²) < 4.78 is 9.62. The zero-order chi connectivity index (χ0) is 57.3. The molecule has 3 heterocycles. The molecule has 0 radical (unpaired) electrons. The first-order valence-electron chi connectivity index (χ1n) is 29.1. The maximum Gasteiger partial charge on any atom is 0.137 e. The van der Waals surface area contributed by atoms with E-state index in [1.165, 1.54) is 55.8 Å². The fourth-order valence-corrected chi connectivity index (χ4v) is 12.1. The fraction of sp³-hybridized carbons (Fsp3) is 0.234. The Morgan fingerprint density at radius 3 is 1.41 bits per heavy atom. The summed E-state index contributed by atoms with van der Waals surface area (Å²) in [6, 6.07) is 82.5. The number of hydrogen-bond donors (Lipinski definition) is 0. The van der Waals surface area contributed by atoms with Gasteiger partial charge in [-0.1, -0.05) is 223 Å². The highest BCUT2D eigenvalue weighted by molar-refractivity contribution is 6.10. The molecule has 1 aliphatic rings. The highest BCUT2D eigenvalue weighted by Crippen LogP contribution is 2.50. The molecule has 11 aromatic rings. The van der Waals surface area contributed by atoms with Gasteiger partial charge in [0.2, 0.25) is 0 Å². The molecule has 12 rings (SSSR count). The standard InChI is InChI=1S/C77H76N4O/c1-73(2,3)57-34-38-69-71(47-57)80(51-79(69)62-43-59(75(7,8)54-27-19-14-20-28-54)42-60(44-62)76(9,10)55-29-21-15-22-30-55)63-45-61(77(11,12)56-31-23-16-24-32-56)46-65(49-63)82-64-35-36-66-67-41-53(52-25-17-13-18-26-52)33-37-68(67)81(70(66)50-64)72-48-58(39-40-78-72)74(4,5)6/h13-50H,51H2,1-12H3. The monoisotopic (exact) mass is 1070 g/mol. The largest absolute Gasteiger partial charge is 0.457 e. The van der Waals surface area contributed by atoms with E-state index in [2.05, 4.69) is 322 Å². The predicted molar refractivity (Wildman–Crippen MR) is 346 cm³/mol. The third kappa shape index (κ3) is 9.95. The molecule has 410 valence electrons. The molecule has 0 saturated carbocycles. The zero-order valence-electron chi connectivity index (χ0n) is 49.8. The normalized spacial score (nSPS) is 13.3. The summed E-state index contributed by atoms with van der Waals surface area (Å²) in [7, 11) is 0. The predicted octanol–water partition coefficient (Wildman–Crippen LogP) is 20.5. The van der Waals surface area contributed by atoms with Crippen LogP contribution in [-0.2, 0) is 27.1 Å². The van der Waals surface area contributed by atoms with Crippen LogP contribution in [0.25, 0.3) is 38.8 Å². The molecule has 0 N–H and O–H groups in total. The first-order chi connectivity index (χ1) is 39.1. The van der Waals surface area contributed by atoms with Crippen LogP contribution < -0.4 is 14.5 Å². The van der Waals surface area contributed by atoms with Crippen LogP contribution in [0.3, 0.4) is 0 Å². The summed E-state index contributed by atoms with van der Waals surface area (Å²) in [5.74, 6) is 2.39. The van der Waals surface area contributed by atoms with Crippen molar-refractivity contribution in [3.05, 3.63) is 275 Å². The van der Waals surface area contributed by atoms with Crippen molar-refractivity contribution in [2.75, 3.05) is 16.5 Å². The first kappa shape index (κ1) is 53.9. The molecule has 0 aliphatic carbocycles. The molecule has 0 atom stereocenters. The van der Waals surface area contributed by atoms with Gasteiger partial charge in [-0.3, -0.25) is 4.57 Å². The van der Waals surface area contributed by atoms with E-state index in [1.807, 2.05) is 6.20 Å². The van der Waals surface area contributed by atoms with Crippen LogP contribution in [0.4, 0.5) is 22.7 Å². The second kappa shape index (κ2) is 20.4. The molecule has 0 fully saturated rings. The number of nitrogens with zero attached hydrogens (tertiary/aromatic N) is 4. The average Bonchev–Trinajstić information content (AvgIpc) is 3.07. The highest BCUT2D eigenvalue weighted by Gasteiger charge is 2.35. The maximum atomic E-state index is 7.31. The van der Waals surface area contributed by atoms with Gasteiger partial charge in [0.15, 0.2) is 0 Å². The van der Waals surface area contributed by atoms with Crippen molar-refractivity contribution >= 4 is 44.6 Å². The van der Waals surface area contributed by atoms with Gasteiger partial charge >= 0.3 is 0 Å². The number of ether oxygens (including phenoxy) is 1. The molecular formula is C77H76N4O. The van der Waals surface area contributed by atoms with Gasteiger partial charge in [0, 0.05) is 56.7 Å². The first-order valence-corrected chi connectivity index (χ1v) is 29.1. The van der Waals surface area contributed by atoms with Gasteiger partial charge in [-0.2, -0.15) is 0 Å². The number of anilines is 4. The van der Waals surface area contributed by atoms with E-state index in [0.29, 0.717) is 6.67 Å². The van der Waals surface area contributed by atoms with Gasteiger partial charge in [0.25, 0.3) is 0 Å². The van der Waals surface area contributed by atoms with Crippen LogP contribution in [0.1, 0.15) is 128 Å². The summed E-state index contributed by atoms with van der Waals surface area (Å²) in [6.45, 7) is 28.4. The minimum Gasteiger partial charge on any atom is -0.457 e. The van der Waals surface area contributed by atoms with Gasteiger partial charge in [-0.25, -0.2) is 4.98 Å². The van der Waals surface area contributed by atoms with Gasteiger partial charge in [-0.15, -0.1) is 0 Å². The lowest BCUT2D eigenvalue weighted by Gasteiger charge is -2.33. The Labute approximate surface area is 486 Å². The summed E-state index contributed by atoms with van der Waals surface area (Å²) >= 11 is 0. The van der Waals surface area contributed by atoms with Crippen LogP contribution in [0, 0.1) is 0 Å². The Hall–Kier alpha value is -8.67. The molecule has 82 heavy (non-hydrogen) atoms. The van der Waals surface area contributed by atoms with Gasteiger partial charge in [0.1, 0.15) is 24.0 Å². The average molecular weight is 1070 g/mol. The lowest BCUT2D eigenvalue weighted by atomic mass is 9.73. The van der Waals surface area contributed by atoms with Crippen molar-refractivity contribution in [1.29, 1.82) is 0 Å². The lowest BCUT2D eigenvalue weighted by molar-refractivity contribution is 0.480. The summed E-state index contributed by atoms with van der Waals surface area (Å²) in [5, 5.41) is 2.30. The van der Waals surface area contributed by atoms with Crippen molar-refractivity contribution in [2.24, 2.45) is 0 Å². The van der Waals surface area contributed by atoms with E-state index in [0.717, 1.165) is 61.7 Å². The Morgan fingerprint density at radius 2 is 0.854 bits per heavy atom. The molecule has 2 aromatic heterocycles. The van der Waals surface area contributed by atoms with Crippen LogP contribution in [0.15, 0.2) is 231 Å². The number of pyridine rings is 1. The second-order valence-corrected chi connectivity index (χ2v) is 26.3. The molecule has 9 aromatic carbocycles. The lowest BCUT2D eigenvalue weighted by Crippen LogP contribution is -2.27. The number of benzene rings is 9. The number of hydrogen-bond acceptors (Lipinski definition) is 4. The quantitative estimate of drug-likeness (QED) is 0.122. The van der Waals surface area contributed by atoms with Crippen LogP contribution in [0.2, 0.25) is 0 Å². The van der Waals surface area contributed by atoms with Crippen molar-refractivity contribution in [3.63, 3.8) is 0 Å². The topological polar surface area (TPSA) is 33.5 Å². The molecule has 0 bridgehead atoms. The number of fused-ring (bicyclic) bond motifs is 4. The van der Waals surface area contributed by atoms with Crippen molar-refractivity contribution in [3.8, 4) is 28.4 Å². The van der Waals surface area contributed by atoms with Crippen molar-refractivity contribution in [2.45, 2.75) is 110 Å². The molecule has 5 heteroatoms. The number of aromatic nitrogens is 2. The van der Waals surface area contributed by atoms with Crippen molar-refractivity contribution in [1.82, 2.24) is 9.55 Å². The van der Waals surface area contributed by atoms with E-state index in [4.69, 9.17) is 9.72 Å². The molecular weight excluding hydrogens is 997 g/mol. The molecule has 0 spiro atoms. The maximum absolute atomic E-state index is 7.31. The van der Waals surface area contributed by atoms with Crippen LogP contribution in [0.5, 0.6) is 11.5 Å². The summed E-state index contributed by atoms with van der Waals surface area (Å²) in [6.07, 6.45) is 1.95. The molecule has 0 saturated heterocycles. The van der Waals surface area contributed by atoms with E-state index in [9.17, 15) is 0 Å². The Balaban J connectivity index is 1.02. The Kier molecular flexibility index (Phi) is 13.4. The number of rotatable bonds is 12. The highest BCUT2D eigenvalue weighted by atomic mass is 16.5. The van der Waals surface area contributed by atoms with E-state index in [1.54, 1.807) is 0 Å². The zero-order valence-corrected chi connectivity index (χ0v) is 49.8. The third-order valence-electron chi connectivity index (χ3n) is 17.7. The minimum atomic E-state index is -0.378. The fourth-order valence-electron chi connectivity index (χ4n) is 12.1. The third-order valence-corrected chi connectivity index (χ3v) is 17.7. The van der Waals surface area contributed by atoms with Gasteiger partial charge < -0.3 is 14.5 Å². The molecule has 0 unspecified atom stereocenters. The SMILES string of the molecule is CC(C)(C)c1ccnc(-n2c3ccc(-c4ccccc4)cc3c3ccc(Oc4cc(N5CN(c6cc(C(C)(C)c7ccccc7)cc(C(C)(C)c7ccccc7)c6)c6ccc(C(C)(C)C)cc65)cc(C(C)(C)c5ccccc5)c4)cc32)c1. The Morgan fingerprint density at radius 1 is 0.341 bits per heavy atom. The van der Waals surface area contributed by atoms with Crippen LogP contribution >= 0.6 is 0 Å². The molecule has 5 nitrogen and oxygen atoms in total. The van der Waals surface area contributed by atoms with E-state index < -0.39 is 0 Å². The second-order valence-electron chi connectivity index (χ2n) is 26.3. The van der Waals surface area contributed by atoms with Crippen molar-refractivity contribution < 1.29 is 4.74 Å². The Bertz CT molecular complexity index is 4070. The van der Waals surface area contributed by atoms with E-state index >= 15 is 0 Å². The van der Waals surface area contributed by atoms with Gasteiger partial charge in [-0.05, 0) is 139 Å².